The lowest BCUT2D eigenvalue weighted by atomic mass is 10.1. The number of nitrogens with zero attached hydrogens (tertiary/aromatic N) is 3. The van der Waals surface area contributed by atoms with Gasteiger partial charge < -0.3 is 4.57 Å². The normalized spacial score (nSPS) is 22.2. The minimum atomic E-state index is -2.88. The van der Waals surface area contributed by atoms with Gasteiger partial charge in [-0.25, -0.2) is 8.42 Å². The quantitative estimate of drug-likeness (QED) is 0.618. The molecule has 1 fully saturated rings. The molecule has 2 rings (SSSR count). The highest BCUT2D eigenvalue weighted by molar-refractivity contribution is 7.99. The summed E-state index contributed by atoms with van der Waals surface area (Å²) in [6, 6.07) is 0. The molecule has 18 heavy (non-hydrogen) atoms. The maximum Gasteiger partial charge on any atom is 0.191 e. The molecule has 0 bridgehead atoms. The van der Waals surface area contributed by atoms with Crippen molar-refractivity contribution in [3.63, 3.8) is 0 Å². The predicted octanol–water partition coefficient (Wildman–Crippen LogP) is 1.39. The third kappa shape index (κ3) is 2.95. The van der Waals surface area contributed by atoms with Crippen LogP contribution in [0.2, 0.25) is 0 Å². The summed E-state index contributed by atoms with van der Waals surface area (Å²) in [5, 5.41) is 9.08. The highest BCUT2D eigenvalue weighted by Gasteiger charge is 2.32. The third-order valence-electron chi connectivity index (χ3n) is 2.91. The number of aromatic nitrogens is 3. The van der Waals surface area contributed by atoms with Crippen molar-refractivity contribution in [3.05, 3.63) is 18.0 Å². The molecular formula is C11H17N3O2S2. The number of sulfone groups is 1. The number of hydrogen-bond donors (Lipinski definition) is 0. The lowest BCUT2D eigenvalue weighted by molar-refractivity contribution is 0.599. The molecule has 1 aromatic rings. The highest BCUT2D eigenvalue weighted by Crippen LogP contribution is 2.29. The minimum absolute atomic E-state index is 0.00771. The van der Waals surface area contributed by atoms with Crippen molar-refractivity contribution in [2.45, 2.75) is 24.4 Å². The predicted molar refractivity (Wildman–Crippen MR) is 72.6 cm³/mol. The van der Waals surface area contributed by atoms with E-state index in [9.17, 15) is 8.42 Å². The third-order valence-corrected chi connectivity index (χ3v) is 5.93. The lowest BCUT2D eigenvalue weighted by Crippen LogP contribution is -2.09. The fraction of sp³-hybridized carbons (Fsp3) is 0.636. The Hall–Kier alpha value is -0.820. The molecule has 2 heterocycles. The van der Waals surface area contributed by atoms with E-state index in [1.165, 1.54) is 0 Å². The first-order chi connectivity index (χ1) is 8.39. The van der Waals surface area contributed by atoms with E-state index in [-0.39, 0.29) is 17.4 Å². The molecule has 1 aliphatic heterocycles. The Balaban J connectivity index is 2.14. The van der Waals surface area contributed by atoms with Gasteiger partial charge in [0.25, 0.3) is 0 Å². The van der Waals surface area contributed by atoms with Crippen LogP contribution in [0.4, 0.5) is 0 Å². The van der Waals surface area contributed by atoms with Crippen LogP contribution in [-0.4, -0.2) is 40.4 Å². The topological polar surface area (TPSA) is 64.8 Å². The Morgan fingerprint density at radius 2 is 2.28 bits per heavy atom. The Bertz CT molecular complexity index is 563. The van der Waals surface area contributed by atoms with E-state index in [1.54, 1.807) is 11.8 Å². The van der Waals surface area contributed by atoms with Crippen LogP contribution in [0, 0.1) is 0 Å². The highest BCUT2D eigenvalue weighted by atomic mass is 32.2. The largest absolute Gasteiger partial charge is 0.309 e. The van der Waals surface area contributed by atoms with Gasteiger partial charge >= 0.3 is 0 Å². The maximum absolute atomic E-state index is 11.5. The van der Waals surface area contributed by atoms with E-state index in [0.717, 1.165) is 22.3 Å². The van der Waals surface area contributed by atoms with Crippen LogP contribution >= 0.6 is 11.8 Å². The Morgan fingerprint density at radius 3 is 2.83 bits per heavy atom. The van der Waals surface area contributed by atoms with Gasteiger partial charge in [-0.1, -0.05) is 23.9 Å². The molecular weight excluding hydrogens is 270 g/mol. The molecule has 0 amide bonds. The smallest absolute Gasteiger partial charge is 0.191 e. The van der Waals surface area contributed by atoms with Crippen molar-refractivity contribution < 1.29 is 8.42 Å². The van der Waals surface area contributed by atoms with E-state index in [2.05, 4.69) is 16.8 Å². The molecule has 0 aromatic carbocycles. The number of rotatable bonds is 4. The maximum atomic E-state index is 11.5. The average Bonchev–Trinajstić information content (AvgIpc) is 2.79. The zero-order valence-electron chi connectivity index (χ0n) is 10.6. The van der Waals surface area contributed by atoms with E-state index in [4.69, 9.17) is 0 Å². The summed E-state index contributed by atoms with van der Waals surface area (Å²) in [6.45, 7) is 5.81. The molecule has 0 unspecified atom stereocenters. The van der Waals surface area contributed by atoms with E-state index in [0.29, 0.717) is 6.42 Å². The Kier molecular flexibility index (Phi) is 3.82. The first-order valence-electron chi connectivity index (χ1n) is 5.76. The average molecular weight is 287 g/mol. The molecule has 0 radical (unpaired) electrons. The summed E-state index contributed by atoms with van der Waals surface area (Å²) in [7, 11) is -0.989. The van der Waals surface area contributed by atoms with Gasteiger partial charge in [0.2, 0.25) is 0 Å². The van der Waals surface area contributed by atoms with Crippen molar-refractivity contribution in [2.75, 3.05) is 17.3 Å². The van der Waals surface area contributed by atoms with Crippen molar-refractivity contribution >= 4 is 21.6 Å². The van der Waals surface area contributed by atoms with Crippen LogP contribution in [0.3, 0.4) is 0 Å². The second-order valence-corrected chi connectivity index (χ2v) is 7.92. The van der Waals surface area contributed by atoms with Crippen LogP contribution < -0.4 is 0 Å². The first-order valence-corrected chi connectivity index (χ1v) is 8.56. The van der Waals surface area contributed by atoms with E-state index >= 15 is 0 Å². The second-order valence-electron chi connectivity index (χ2n) is 4.75. The van der Waals surface area contributed by atoms with Crippen LogP contribution in [0.5, 0.6) is 0 Å². The molecule has 1 aromatic heterocycles. The molecule has 0 aliphatic carbocycles. The van der Waals surface area contributed by atoms with Gasteiger partial charge in [-0.15, -0.1) is 10.2 Å². The molecule has 1 aliphatic rings. The van der Waals surface area contributed by atoms with Crippen LogP contribution in [0.15, 0.2) is 17.3 Å². The van der Waals surface area contributed by atoms with Crippen LogP contribution in [0.25, 0.3) is 0 Å². The first kappa shape index (κ1) is 13.6. The van der Waals surface area contributed by atoms with Gasteiger partial charge in [-0.2, -0.15) is 0 Å². The molecule has 0 N–H and O–H groups in total. The fourth-order valence-corrected chi connectivity index (χ4v) is 4.49. The summed E-state index contributed by atoms with van der Waals surface area (Å²) in [6.07, 6.45) is 0.652. The molecule has 7 heteroatoms. The summed E-state index contributed by atoms with van der Waals surface area (Å²) in [5.41, 5.74) is 1.08. The van der Waals surface area contributed by atoms with Gasteiger partial charge in [-0.3, -0.25) is 0 Å². The van der Waals surface area contributed by atoms with Crippen molar-refractivity contribution in [3.8, 4) is 0 Å². The summed E-state index contributed by atoms with van der Waals surface area (Å²) in [5.74, 6) is 2.03. The summed E-state index contributed by atoms with van der Waals surface area (Å²) < 4.78 is 24.8. The minimum Gasteiger partial charge on any atom is -0.309 e. The van der Waals surface area contributed by atoms with E-state index in [1.807, 2.05) is 18.5 Å². The van der Waals surface area contributed by atoms with Crippen LogP contribution in [0.1, 0.15) is 25.1 Å². The fourth-order valence-electron chi connectivity index (χ4n) is 1.99. The van der Waals surface area contributed by atoms with Gasteiger partial charge in [0.15, 0.2) is 15.0 Å². The van der Waals surface area contributed by atoms with Gasteiger partial charge in [-0.05, 0) is 13.3 Å². The standard InChI is InChI=1S/C11H17N3O2S2/c1-8(2)6-17-11-13-12-10(14(11)3)9-4-5-18(15,16)7-9/h9H,1,4-7H2,2-3H3/t9-/m1/s1. The zero-order valence-corrected chi connectivity index (χ0v) is 12.2. The van der Waals surface area contributed by atoms with Gasteiger partial charge in [0.1, 0.15) is 5.82 Å². The van der Waals surface area contributed by atoms with Gasteiger partial charge in [0.05, 0.1) is 11.5 Å². The monoisotopic (exact) mass is 287 g/mol. The van der Waals surface area contributed by atoms with Crippen molar-refractivity contribution in [1.29, 1.82) is 0 Å². The Labute approximate surface area is 112 Å². The second kappa shape index (κ2) is 5.05. The number of hydrogen-bond acceptors (Lipinski definition) is 5. The van der Waals surface area contributed by atoms with Crippen LogP contribution in [-0.2, 0) is 16.9 Å². The zero-order chi connectivity index (χ0) is 13.3. The SMILES string of the molecule is C=C(C)CSc1nnc([C@@H]2CCS(=O)(=O)C2)n1C. The molecule has 0 spiro atoms. The molecule has 100 valence electrons. The van der Waals surface area contributed by atoms with Gasteiger partial charge in [0, 0.05) is 18.7 Å². The Morgan fingerprint density at radius 1 is 1.56 bits per heavy atom. The summed E-state index contributed by atoms with van der Waals surface area (Å²) >= 11 is 1.58. The summed E-state index contributed by atoms with van der Waals surface area (Å²) in [4.78, 5) is 0. The number of thioether (sulfide) groups is 1. The molecule has 1 saturated heterocycles. The lowest BCUT2D eigenvalue weighted by Gasteiger charge is -2.07. The van der Waals surface area contributed by atoms with Crippen molar-refractivity contribution in [2.24, 2.45) is 7.05 Å². The molecule has 5 nitrogen and oxygen atoms in total. The van der Waals surface area contributed by atoms with Crippen molar-refractivity contribution in [1.82, 2.24) is 14.8 Å². The molecule has 0 saturated carbocycles. The molecule has 1 atom stereocenters. The van der Waals surface area contributed by atoms with E-state index < -0.39 is 9.84 Å².